The molecule has 2 saturated heterocycles. The van der Waals surface area contributed by atoms with E-state index in [0.29, 0.717) is 6.54 Å². The fraction of sp³-hybridized carbons (Fsp3) is 0.647. The van der Waals surface area contributed by atoms with Crippen LogP contribution in [0.15, 0.2) is 30.3 Å². The molecule has 116 valence electrons. The largest absolute Gasteiger partial charge is 0.632 e. The van der Waals surface area contributed by atoms with Gasteiger partial charge in [0, 0.05) is 5.56 Å². The van der Waals surface area contributed by atoms with Crippen molar-refractivity contribution in [2.75, 3.05) is 0 Å². The lowest BCUT2D eigenvalue weighted by Crippen LogP contribution is -2.53. The summed E-state index contributed by atoms with van der Waals surface area (Å²) in [5, 5.41) is 13.6. The SMILES string of the molecule is CC[C@@H]1[C@@H]2OC(C)(C)O[C@@H]2[C@H](C)[N+]1([O-])Cc1ccccc1. The van der Waals surface area contributed by atoms with Crippen LogP contribution in [0.3, 0.4) is 0 Å². The van der Waals surface area contributed by atoms with Crippen LogP contribution in [0.25, 0.3) is 0 Å². The van der Waals surface area contributed by atoms with Crippen molar-refractivity contribution in [2.24, 2.45) is 0 Å². The van der Waals surface area contributed by atoms with Crippen molar-refractivity contribution < 1.29 is 14.1 Å². The first kappa shape index (κ1) is 15.0. The third kappa shape index (κ3) is 2.40. The molecule has 1 aromatic rings. The van der Waals surface area contributed by atoms with Crippen LogP contribution >= 0.6 is 0 Å². The standard InChI is InChI=1S/C17H25NO3/c1-5-14-16-15(20-17(3,4)21-16)12(2)18(14,19)11-13-9-7-6-8-10-13/h6-10,12,14-16H,5,11H2,1-4H3/t12-,14+,15+,16-,18?/m0/s1. The van der Waals surface area contributed by atoms with E-state index in [-0.39, 0.29) is 28.9 Å². The first-order chi connectivity index (χ1) is 9.87. The predicted molar refractivity (Wildman–Crippen MR) is 81.1 cm³/mol. The molecule has 0 amide bonds. The summed E-state index contributed by atoms with van der Waals surface area (Å²) in [5.41, 5.74) is 1.08. The monoisotopic (exact) mass is 291 g/mol. The molecule has 4 heteroatoms. The highest BCUT2D eigenvalue weighted by atomic mass is 16.8. The molecule has 4 nitrogen and oxygen atoms in total. The summed E-state index contributed by atoms with van der Waals surface area (Å²) in [7, 11) is 0. The Morgan fingerprint density at radius 2 is 1.76 bits per heavy atom. The van der Waals surface area contributed by atoms with Crippen molar-refractivity contribution in [1.82, 2.24) is 0 Å². The lowest BCUT2D eigenvalue weighted by atomic mass is 10.1. The Balaban J connectivity index is 1.89. The van der Waals surface area contributed by atoms with Crippen LogP contribution in [0, 0.1) is 5.21 Å². The van der Waals surface area contributed by atoms with Crippen molar-refractivity contribution in [3.63, 3.8) is 0 Å². The van der Waals surface area contributed by atoms with Gasteiger partial charge in [-0.15, -0.1) is 0 Å². The molecule has 0 aromatic heterocycles. The molecule has 5 atom stereocenters. The Morgan fingerprint density at radius 1 is 1.14 bits per heavy atom. The summed E-state index contributed by atoms with van der Waals surface area (Å²) in [6, 6.07) is 9.83. The van der Waals surface area contributed by atoms with Crippen molar-refractivity contribution in [2.45, 2.75) is 70.7 Å². The third-order valence-corrected chi connectivity index (χ3v) is 4.96. The Kier molecular flexibility index (Phi) is 3.61. The molecule has 2 aliphatic rings. The van der Waals surface area contributed by atoms with Crippen LogP contribution < -0.4 is 0 Å². The summed E-state index contributed by atoms with van der Waals surface area (Å²) in [5.74, 6) is -0.574. The van der Waals surface area contributed by atoms with E-state index in [4.69, 9.17) is 9.47 Å². The van der Waals surface area contributed by atoms with Crippen LogP contribution in [0.1, 0.15) is 39.7 Å². The first-order valence-corrected chi connectivity index (χ1v) is 7.85. The zero-order valence-corrected chi connectivity index (χ0v) is 13.3. The highest BCUT2D eigenvalue weighted by Gasteiger charge is 2.61. The molecule has 3 rings (SSSR count). The van der Waals surface area contributed by atoms with E-state index in [1.807, 2.05) is 51.1 Å². The summed E-state index contributed by atoms with van der Waals surface area (Å²) in [6.45, 7) is 8.43. The molecule has 2 aliphatic heterocycles. The Hall–Kier alpha value is -0.940. The average Bonchev–Trinajstić information content (AvgIpc) is 2.83. The predicted octanol–water partition coefficient (Wildman–Crippen LogP) is 3.20. The van der Waals surface area contributed by atoms with Crippen LogP contribution in [-0.2, 0) is 16.0 Å². The van der Waals surface area contributed by atoms with E-state index in [9.17, 15) is 5.21 Å². The highest BCUT2D eigenvalue weighted by Crippen LogP contribution is 2.46. The van der Waals surface area contributed by atoms with Crippen LogP contribution in [-0.4, -0.2) is 34.7 Å². The minimum atomic E-state index is -0.574. The Labute approximate surface area is 126 Å². The number of hydrogen-bond acceptors (Lipinski definition) is 3. The number of likely N-dealkylation sites (tertiary alicyclic amines) is 1. The number of hydrogen-bond donors (Lipinski definition) is 0. The molecule has 0 aliphatic carbocycles. The number of hydroxylamine groups is 3. The number of benzene rings is 1. The number of fused-ring (bicyclic) bond motifs is 1. The summed E-state index contributed by atoms with van der Waals surface area (Å²) >= 11 is 0. The smallest absolute Gasteiger partial charge is 0.164 e. The molecule has 0 spiro atoms. The van der Waals surface area contributed by atoms with Crippen molar-refractivity contribution in [3.8, 4) is 0 Å². The molecule has 1 aromatic carbocycles. The second kappa shape index (κ2) is 5.06. The van der Waals surface area contributed by atoms with E-state index in [0.717, 1.165) is 12.0 Å². The van der Waals surface area contributed by atoms with Crippen LogP contribution in [0.2, 0.25) is 0 Å². The average molecular weight is 291 g/mol. The number of ether oxygens (including phenoxy) is 2. The van der Waals surface area contributed by atoms with Gasteiger partial charge in [-0.1, -0.05) is 37.3 Å². The molecule has 2 fully saturated rings. The quantitative estimate of drug-likeness (QED) is 0.634. The molecule has 0 N–H and O–H groups in total. The molecule has 2 heterocycles. The number of nitrogens with zero attached hydrogens (tertiary/aromatic N) is 1. The summed E-state index contributed by atoms with van der Waals surface area (Å²) in [6.07, 6.45) is 0.605. The van der Waals surface area contributed by atoms with E-state index in [2.05, 4.69) is 6.92 Å². The van der Waals surface area contributed by atoms with Gasteiger partial charge in [0.05, 0.1) is 0 Å². The van der Waals surface area contributed by atoms with Crippen LogP contribution in [0.4, 0.5) is 0 Å². The molecule has 0 radical (unpaired) electrons. The minimum Gasteiger partial charge on any atom is -0.632 e. The van der Waals surface area contributed by atoms with E-state index >= 15 is 0 Å². The fourth-order valence-corrected chi connectivity index (χ4v) is 3.96. The van der Waals surface area contributed by atoms with E-state index < -0.39 is 5.79 Å². The van der Waals surface area contributed by atoms with E-state index in [1.165, 1.54) is 0 Å². The molecule has 1 unspecified atom stereocenters. The summed E-state index contributed by atoms with van der Waals surface area (Å²) < 4.78 is 11.8. The maximum atomic E-state index is 13.6. The highest BCUT2D eigenvalue weighted by molar-refractivity contribution is 5.14. The Bertz CT molecular complexity index is 504. The van der Waals surface area contributed by atoms with Crippen molar-refractivity contribution in [1.29, 1.82) is 0 Å². The van der Waals surface area contributed by atoms with Gasteiger partial charge in [0.25, 0.3) is 0 Å². The fourth-order valence-electron chi connectivity index (χ4n) is 3.96. The molecular formula is C17H25NO3. The van der Waals surface area contributed by atoms with E-state index in [1.54, 1.807) is 0 Å². The van der Waals surface area contributed by atoms with Crippen LogP contribution in [0.5, 0.6) is 0 Å². The van der Waals surface area contributed by atoms with Crippen molar-refractivity contribution in [3.05, 3.63) is 41.1 Å². The molecule has 0 saturated carbocycles. The topological polar surface area (TPSA) is 41.5 Å². The lowest BCUT2D eigenvalue weighted by molar-refractivity contribution is -0.931. The number of rotatable bonds is 3. The van der Waals surface area contributed by atoms with Crippen molar-refractivity contribution >= 4 is 0 Å². The second-order valence-corrected chi connectivity index (χ2v) is 6.78. The van der Waals surface area contributed by atoms with Gasteiger partial charge in [-0.05, 0) is 27.2 Å². The van der Waals surface area contributed by atoms with Gasteiger partial charge in [-0.2, -0.15) is 0 Å². The lowest BCUT2D eigenvalue weighted by Gasteiger charge is -2.49. The second-order valence-electron chi connectivity index (χ2n) is 6.78. The van der Waals surface area contributed by atoms with Gasteiger partial charge >= 0.3 is 0 Å². The molecular weight excluding hydrogens is 266 g/mol. The maximum Gasteiger partial charge on any atom is 0.164 e. The molecule has 21 heavy (non-hydrogen) atoms. The minimum absolute atomic E-state index is 0.0630. The van der Waals surface area contributed by atoms with Gasteiger partial charge in [-0.3, -0.25) is 0 Å². The van der Waals surface area contributed by atoms with Gasteiger partial charge in [-0.25, -0.2) is 0 Å². The summed E-state index contributed by atoms with van der Waals surface area (Å²) in [4.78, 5) is 0. The van der Waals surface area contributed by atoms with Gasteiger partial charge < -0.3 is 19.3 Å². The first-order valence-electron chi connectivity index (χ1n) is 7.85. The number of quaternary nitrogens is 1. The normalized spacial score (nSPS) is 41.2. The van der Waals surface area contributed by atoms with Gasteiger partial charge in [0.15, 0.2) is 5.79 Å². The van der Waals surface area contributed by atoms with Gasteiger partial charge in [0.2, 0.25) is 0 Å². The zero-order valence-electron chi connectivity index (χ0n) is 13.3. The van der Waals surface area contributed by atoms with Gasteiger partial charge in [0.1, 0.15) is 30.8 Å². The molecule has 0 bridgehead atoms. The maximum absolute atomic E-state index is 13.6. The Morgan fingerprint density at radius 3 is 2.38 bits per heavy atom. The zero-order chi connectivity index (χ0) is 15.3. The third-order valence-electron chi connectivity index (χ3n) is 4.96.